The third kappa shape index (κ3) is 4.16. The number of anilines is 1. The van der Waals surface area contributed by atoms with Crippen LogP contribution < -0.4 is 5.32 Å². The van der Waals surface area contributed by atoms with Crippen molar-refractivity contribution in [1.82, 2.24) is 4.98 Å². The summed E-state index contributed by atoms with van der Waals surface area (Å²) in [5, 5.41) is 4.46. The number of rotatable bonds is 4. The number of aromatic nitrogens is 1. The number of nitrogens with one attached hydrogen (secondary N) is 1. The Morgan fingerprint density at radius 3 is 2.35 bits per heavy atom. The first kappa shape index (κ1) is 21.4. The molecule has 9 heteroatoms. The Labute approximate surface area is 168 Å². The summed E-state index contributed by atoms with van der Waals surface area (Å²) in [4.78, 5) is 17.1. The lowest BCUT2D eigenvalue weighted by atomic mass is 9.93. The van der Waals surface area contributed by atoms with Crippen LogP contribution in [0.3, 0.4) is 0 Å². The van der Waals surface area contributed by atoms with E-state index >= 15 is 0 Å². The Morgan fingerprint density at radius 2 is 1.85 bits per heavy atom. The normalized spacial score (nSPS) is 19.0. The van der Waals surface area contributed by atoms with Gasteiger partial charge in [-0.15, -0.1) is 11.3 Å². The fourth-order valence-electron chi connectivity index (χ4n) is 2.28. The van der Waals surface area contributed by atoms with Crippen LogP contribution in [0.4, 0.5) is 5.13 Å². The van der Waals surface area contributed by atoms with E-state index in [0.717, 1.165) is 5.69 Å². The molecule has 1 aliphatic rings. The van der Waals surface area contributed by atoms with E-state index in [9.17, 15) is 13.2 Å². The predicted octanol–water partition coefficient (Wildman–Crippen LogP) is 4.59. The monoisotopic (exact) mass is 436 g/mol. The summed E-state index contributed by atoms with van der Waals surface area (Å²) in [5.74, 6) is -0.627. The van der Waals surface area contributed by atoms with Crippen molar-refractivity contribution in [3.05, 3.63) is 33.3 Å². The van der Waals surface area contributed by atoms with Crippen LogP contribution in [0.15, 0.2) is 27.6 Å². The molecule has 2 rings (SSSR count). The van der Waals surface area contributed by atoms with E-state index in [1.807, 2.05) is 26.2 Å². The lowest BCUT2D eigenvalue weighted by molar-refractivity contribution is -0.117. The highest BCUT2D eigenvalue weighted by Gasteiger charge is 2.46. The van der Waals surface area contributed by atoms with Crippen molar-refractivity contribution in [3.8, 4) is 0 Å². The van der Waals surface area contributed by atoms with Gasteiger partial charge in [-0.1, -0.05) is 50.0 Å². The second kappa shape index (κ2) is 7.26. The van der Waals surface area contributed by atoms with Crippen LogP contribution in [0.25, 0.3) is 0 Å². The zero-order chi connectivity index (χ0) is 19.9. The van der Waals surface area contributed by atoms with Gasteiger partial charge in [0.25, 0.3) is 0 Å². The summed E-state index contributed by atoms with van der Waals surface area (Å²) < 4.78 is 24.3. The predicted molar refractivity (Wildman–Crippen MR) is 109 cm³/mol. The minimum absolute atomic E-state index is 0.156. The minimum Gasteiger partial charge on any atom is -0.301 e. The molecule has 1 aromatic heterocycles. The number of carbonyl (C=O) groups excluding carboxylic acids is 1. The van der Waals surface area contributed by atoms with Gasteiger partial charge in [-0.25, -0.2) is 13.4 Å². The van der Waals surface area contributed by atoms with Gasteiger partial charge in [0.2, 0.25) is 5.91 Å². The molecule has 0 radical (unpaired) electrons. The third-order valence-corrected chi connectivity index (χ3v) is 8.52. The van der Waals surface area contributed by atoms with Crippen molar-refractivity contribution in [2.75, 3.05) is 5.32 Å². The number of thiazole rings is 1. The van der Waals surface area contributed by atoms with Crippen molar-refractivity contribution in [2.24, 2.45) is 0 Å². The van der Waals surface area contributed by atoms with Crippen LogP contribution in [-0.4, -0.2) is 29.3 Å². The van der Waals surface area contributed by atoms with E-state index in [4.69, 9.17) is 23.2 Å². The Kier molecular flexibility index (Phi) is 5.98. The fraction of sp³-hybridized carbons (Fsp3) is 0.529. The summed E-state index contributed by atoms with van der Waals surface area (Å²) in [6.45, 7) is 8.81. The van der Waals surface area contributed by atoms with Gasteiger partial charge in [0.05, 0.1) is 21.0 Å². The van der Waals surface area contributed by atoms with Crippen LogP contribution in [0, 0.1) is 0 Å². The summed E-state index contributed by atoms with van der Waals surface area (Å²) >= 11 is 13.1. The second-order valence-electron chi connectivity index (χ2n) is 7.64. The minimum atomic E-state index is -3.86. The highest BCUT2D eigenvalue weighted by molar-refractivity contribution is 7.94. The van der Waals surface area contributed by atoms with Gasteiger partial charge < -0.3 is 5.32 Å². The maximum Gasteiger partial charge on any atom is 0.247 e. The number of nitrogens with zero attached hydrogens (tertiary/aromatic N) is 1. The van der Waals surface area contributed by atoms with Gasteiger partial charge in [-0.3, -0.25) is 4.79 Å². The van der Waals surface area contributed by atoms with Crippen LogP contribution in [0.2, 0.25) is 0 Å². The van der Waals surface area contributed by atoms with Crippen molar-refractivity contribution < 1.29 is 13.2 Å². The lowest BCUT2D eigenvalue weighted by Crippen LogP contribution is -2.48. The van der Waals surface area contributed by atoms with Crippen LogP contribution in [0.1, 0.15) is 46.7 Å². The highest BCUT2D eigenvalue weighted by Crippen LogP contribution is 2.34. The van der Waals surface area contributed by atoms with Crippen molar-refractivity contribution in [1.29, 1.82) is 0 Å². The van der Waals surface area contributed by atoms with Crippen molar-refractivity contribution in [3.63, 3.8) is 0 Å². The summed E-state index contributed by atoms with van der Waals surface area (Å²) in [6, 6.07) is 0. The Balaban J connectivity index is 2.23. The molecule has 26 heavy (non-hydrogen) atoms. The van der Waals surface area contributed by atoms with Gasteiger partial charge >= 0.3 is 0 Å². The van der Waals surface area contributed by atoms with E-state index < -0.39 is 25.7 Å². The smallest absolute Gasteiger partial charge is 0.247 e. The molecule has 0 saturated heterocycles. The molecule has 1 aromatic rings. The first-order valence-corrected chi connectivity index (χ1v) is 11.2. The Morgan fingerprint density at radius 1 is 1.23 bits per heavy atom. The Bertz CT molecular complexity index is 878. The van der Waals surface area contributed by atoms with Gasteiger partial charge in [-0.05, 0) is 26.3 Å². The molecule has 0 fully saturated rings. The van der Waals surface area contributed by atoms with E-state index in [1.165, 1.54) is 31.3 Å². The van der Waals surface area contributed by atoms with E-state index in [2.05, 4.69) is 10.3 Å². The van der Waals surface area contributed by atoms with E-state index in [0.29, 0.717) is 10.2 Å². The molecule has 1 amide bonds. The van der Waals surface area contributed by atoms with Gasteiger partial charge in [0, 0.05) is 10.8 Å². The molecular weight excluding hydrogens is 415 g/mol. The second-order valence-corrected chi connectivity index (χ2v) is 12.0. The largest absolute Gasteiger partial charge is 0.301 e. The highest BCUT2D eigenvalue weighted by atomic mass is 35.5. The first-order chi connectivity index (χ1) is 11.8. The molecule has 1 unspecified atom stereocenters. The van der Waals surface area contributed by atoms with E-state index in [-0.39, 0.29) is 16.9 Å². The van der Waals surface area contributed by atoms with Gasteiger partial charge in [-0.2, -0.15) is 0 Å². The van der Waals surface area contributed by atoms with Crippen LogP contribution >= 0.6 is 34.5 Å². The zero-order valence-corrected chi connectivity index (χ0v) is 18.4. The fourth-order valence-corrected chi connectivity index (χ4v) is 5.39. The molecule has 5 nitrogen and oxygen atoms in total. The van der Waals surface area contributed by atoms with Crippen molar-refractivity contribution in [2.45, 2.75) is 56.5 Å². The topological polar surface area (TPSA) is 76.1 Å². The summed E-state index contributed by atoms with van der Waals surface area (Å²) in [5.41, 5.74) is 0.677. The molecule has 0 aromatic carbocycles. The molecule has 144 valence electrons. The zero-order valence-electron chi connectivity index (χ0n) is 15.3. The van der Waals surface area contributed by atoms with E-state index in [1.54, 1.807) is 6.08 Å². The number of halogens is 2. The summed E-state index contributed by atoms with van der Waals surface area (Å²) in [7, 11) is -3.86. The van der Waals surface area contributed by atoms with Crippen LogP contribution in [-0.2, 0) is 20.0 Å². The van der Waals surface area contributed by atoms with Gasteiger partial charge in [0.15, 0.2) is 15.0 Å². The number of hydrogen-bond acceptors (Lipinski definition) is 5. The molecule has 0 saturated carbocycles. The molecule has 0 bridgehead atoms. The molecule has 1 atom stereocenters. The average molecular weight is 437 g/mol. The lowest BCUT2D eigenvalue weighted by Gasteiger charge is -2.28. The quantitative estimate of drug-likeness (QED) is 0.748. The number of amides is 1. The maximum absolute atomic E-state index is 13.0. The standard InChI is InChI=1S/C17H22Cl2N2O3S2/c1-16(2,3)13-9-25-15(20-13)21-14(22)17(4,5)26(23,24)10-6-7-11(18)12(19)8-10/h7-10H,6H2,1-5H3,(H,20,21,22). The molecule has 0 spiro atoms. The molecular formula is C17H22Cl2N2O3S2. The SMILES string of the molecule is CC(C)(C)c1csc(NC(=O)C(C)(C)S(=O)(=O)C2C=C(Cl)C(Cl)=CC2)n1. The van der Waals surface area contributed by atoms with Crippen molar-refractivity contribution >= 4 is 55.4 Å². The number of hydrogen-bond donors (Lipinski definition) is 1. The average Bonchev–Trinajstić information content (AvgIpc) is 2.98. The first-order valence-electron chi connectivity index (χ1n) is 8.01. The number of sulfone groups is 1. The Hall–Kier alpha value is -0.890. The number of allylic oxidation sites excluding steroid dienone is 3. The molecule has 1 N–H and O–H groups in total. The summed E-state index contributed by atoms with van der Waals surface area (Å²) in [6.07, 6.45) is 3.12. The molecule has 0 aliphatic heterocycles. The van der Waals surface area contributed by atoms with Crippen LogP contribution in [0.5, 0.6) is 0 Å². The molecule has 1 heterocycles. The molecule has 1 aliphatic carbocycles. The van der Waals surface area contributed by atoms with Gasteiger partial charge in [0.1, 0.15) is 4.75 Å². The number of carbonyl (C=O) groups is 1. The third-order valence-electron chi connectivity index (χ3n) is 4.24. The maximum atomic E-state index is 13.0.